The van der Waals surface area contributed by atoms with Crippen molar-refractivity contribution in [2.45, 2.75) is 139 Å². The van der Waals surface area contributed by atoms with Gasteiger partial charge in [-0.3, -0.25) is 4.55 Å². The summed E-state index contributed by atoms with van der Waals surface area (Å²) in [4.78, 5) is -1.42. The van der Waals surface area contributed by atoms with E-state index in [1.54, 1.807) is 60.7 Å². The number of benzene rings is 4. The molecule has 4 aromatic rings. The molecule has 0 saturated heterocycles. The molecule has 0 radical (unpaired) electrons. The van der Waals surface area contributed by atoms with Crippen LogP contribution in [0.4, 0.5) is 0 Å². The number of phenols is 1. The van der Waals surface area contributed by atoms with Crippen molar-refractivity contribution in [2.24, 2.45) is 0 Å². The number of hydrogen-bond acceptors (Lipinski definition) is 9. The van der Waals surface area contributed by atoms with Crippen LogP contribution in [-0.4, -0.2) is 68.8 Å². The van der Waals surface area contributed by atoms with Gasteiger partial charge in [-0.25, -0.2) is 8.42 Å². The van der Waals surface area contributed by atoms with Gasteiger partial charge in [-0.2, -0.15) is 8.42 Å². The van der Waals surface area contributed by atoms with Crippen molar-refractivity contribution >= 4 is 58.0 Å². The maximum Gasteiger partial charge on any atom is 2.00 e. The minimum absolute atomic E-state index is 0. The molecule has 0 fully saturated rings. The standard InChI is InChI=1S/2C22H30O5S.Ca/c2*1-2-3-4-5-6-7-8-10-13-18-16-20(23)22(28(24,25)26)21(17-18)27-19-14-11-9-12-15-19;/h2*9,11-12,14-17,23H,2-8,10,13H2,1H3,(H,24,25,26);/q;;+2/p-2. The van der Waals surface area contributed by atoms with E-state index in [0.29, 0.717) is 29.9 Å². The Bertz CT molecular complexity index is 1810. The number of phenolic OH excluding ortho intramolecular Hbond substituents is 1. The van der Waals surface area contributed by atoms with Crippen LogP contribution in [0.2, 0.25) is 0 Å². The summed E-state index contributed by atoms with van der Waals surface area (Å²) in [5.74, 6) is -0.762. The fourth-order valence-corrected chi connectivity index (χ4v) is 7.71. The summed E-state index contributed by atoms with van der Waals surface area (Å²) in [5.41, 5.74) is 1.47. The van der Waals surface area contributed by atoms with E-state index in [9.17, 15) is 36.2 Å². The van der Waals surface area contributed by atoms with Gasteiger partial charge in [-0.1, -0.05) is 152 Å². The van der Waals surface area contributed by atoms with Gasteiger partial charge in [0.05, 0.1) is 4.90 Å². The molecular weight excluding hydrogens is 793 g/mol. The van der Waals surface area contributed by atoms with Gasteiger partial charge in [0.25, 0.3) is 0 Å². The van der Waals surface area contributed by atoms with Gasteiger partial charge >= 0.3 is 47.9 Å². The van der Waals surface area contributed by atoms with Gasteiger partial charge in [0.1, 0.15) is 33.1 Å². The molecule has 10 nitrogen and oxygen atoms in total. The van der Waals surface area contributed by atoms with Crippen molar-refractivity contribution in [1.82, 2.24) is 0 Å². The van der Waals surface area contributed by atoms with E-state index in [-0.39, 0.29) is 49.2 Å². The quantitative estimate of drug-likeness (QED) is 0.0392. The van der Waals surface area contributed by atoms with E-state index < -0.39 is 41.5 Å². The van der Waals surface area contributed by atoms with Crippen molar-refractivity contribution in [1.29, 1.82) is 0 Å². The smallest absolute Gasteiger partial charge is 0.872 e. The zero-order chi connectivity index (χ0) is 40.8. The molecule has 4 aromatic carbocycles. The molecule has 4 rings (SSSR count). The minimum atomic E-state index is -4.93. The molecule has 0 aliphatic carbocycles. The Morgan fingerprint density at radius 3 is 1.30 bits per heavy atom. The number of aryl methyl sites for hydroxylation is 2. The maximum absolute atomic E-state index is 12.3. The molecule has 0 saturated carbocycles. The second kappa shape index (κ2) is 27.0. The van der Waals surface area contributed by atoms with Crippen LogP contribution in [0.3, 0.4) is 0 Å². The van der Waals surface area contributed by atoms with Crippen LogP contribution in [0, 0.1) is 0 Å². The molecule has 0 spiro atoms. The second-order valence-electron chi connectivity index (χ2n) is 14.1. The first-order valence-electron chi connectivity index (χ1n) is 19.9. The third-order valence-electron chi connectivity index (χ3n) is 9.26. The average molecular weight is 851 g/mol. The Balaban J connectivity index is 0.000000387. The Morgan fingerprint density at radius 1 is 0.544 bits per heavy atom. The van der Waals surface area contributed by atoms with Crippen molar-refractivity contribution in [3.05, 3.63) is 96.1 Å². The average Bonchev–Trinajstić information content (AvgIpc) is 3.13. The Morgan fingerprint density at radius 2 is 0.912 bits per heavy atom. The van der Waals surface area contributed by atoms with Crippen LogP contribution in [0.5, 0.6) is 34.5 Å². The molecule has 13 heteroatoms. The van der Waals surface area contributed by atoms with Crippen molar-refractivity contribution in [3.8, 4) is 34.5 Å². The maximum atomic E-state index is 12.3. The fourth-order valence-electron chi connectivity index (χ4n) is 6.38. The van der Waals surface area contributed by atoms with Crippen LogP contribution in [0.25, 0.3) is 0 Å². The van der Waals surface area contributed by atoms with Crippen molar-refractivity contribution in [2.75, 3.05) is 0 Å². The van der Waals surface area contributed by atoms with Crippen LogP contribution in [0.15, 0.2) is 94.7 Å². The normalized spacial score (nSPS) is 11.3. The predicted octanol–water partition coefficient (Wildman–Crippen LogP) is 10.9. The summed E-state index contributed by atoms with van der Waals surface area (Å²) in [7, 11) is -9.55. The van der Waals surface area contributed by atoms with E-state index in [0.717, 1.165) is 37.7 Å². The van der Waals surface area contributed by atoms with Crippen LogP contribution >= 0.6 is 0 Å². The van der Waals surface area contributed by atoms with E-state index in [4.69, 9.17) is 9.47 Å². The van der Waals surface area contributed by atoms with E-state index in [1.807, 2.05) is 6.07 Å². The number of unbranched alkanes of at least 4 members (excludes halogenated alkanes) is 14. The van der Waals surface area contributed by atoms with E-state index >= 15 is 0 Å². The fraction of sp³-hybridized carbons (Fsp3) is 0.455. The third-order valence-corrected chi connectivity index (χ3v) is 11.1. The minimum Gasteiger partial charge on any atom is -0.872 e. The molecule has 0 unspecified atom stereocenters. The van der Waals surface area contributed by atoms with Crippen LogP contribution in [-0.2, 0) is 33.1 Å². The molecule has 0 aliphatic heterocycles. The van der Waals surface area contributed by atoms with Gasteiger partial charge < -0.3 is 24.2 Å². The Hall–Kier alpha value is -2.84. The molecule has 2 N–H and O–H groups in total. The number of para-hydroxylation sites is 2. The van der Waals surface area contributed by atoms with E-state index in [2.05, 4.69) is 13.8 Å². The topological polar surface area (TPSA) is 173 Å². The summed E-state index contributed by atoms with van der Waals surface area (Å²) < 4.78 is 78.7. The van der Waals surface area contributed by atoms with Crippen molar-refractivity contribution in [3.63, 3.8) is 0 Å². The third kappa shape index (κ3) is 19.2. The molecule has 0 bridgehead atoms. The number of rotatable bonds is 24. The molecule has 0 aromatic heterocycles. The molecule has 57 heavy (non-hydrogen) atoms. The summed E-state index contributed by atoms with van der Waals surface area (Å²) in [6, 6.07) is 22.9. The molecular formula is C44H58CaO10S2. The van der Waals surface area contributed by atoms with Crippen LogP contribution < -0.4 is 14.6 Å². The number of ether oxygens (including phenoxy) is 2. The van der Waals surface area contributed by atoms with E-state index in [1.165, 1.54) is 88.8 Å². The largest absolute Gasteiger partial charge is 2.00 e. The Kier molecular flexibility index (Phi) is 23.8. The molecule has 0 atom stereocenters. The van der Waals surface area contributed by atoms with Gasteiger partial charge in [0.2, 0.25) is 0 Å². The van der Waals surface area contributed by atoms with Crippen molar-refractivity contribution < 1.29 is 45.6 Å². The first-order valence-corrected chi connectivity index (χ1v) is 22.8. The Labute approximate surface area is 370 Å². The molecule has 0 amide bonds. The first-order chi connectivity index (χ1) is 26.8. The summed E-state index contributed by atoms with van der Waals surface area (Å²) in [6.07, 6.45) is 20.3. The zero-order valence-electron chi connectivity index (χ0n) is 33.5. The first kappa shape index (κ1) is 50.3. The van der Waals surface area contributed by atoms with Gasteiger partial charge in [-0.05, 0) is 79.3 Å². The zero-order valence-corrected chi connectivity index (χ0v) is 37.3. The van der Waals surface area contributed by atoms with Crippen LogP contribution in [0.1, 0.15) is 128 Å². The molecule has 0 aliphatic rings. The number of aromatic hydroxyl groups is 1. The summed E-state index contributed by atoms with van der Waals surface area (Å²) >= 11 is 0. The van der Waals surface area contributed by atoms with Gasteiger partial charge in [0, 0.05) is 0 Å². The molecule has 308 valence electrons. The second-order valence-corrected chi connectivity index (χ2v) is 16.7. The molecule has 0 heterocycles. The van der Waals surface area contributed by atoms with Gasteiger partial charge in [0.15, 0.2) is 10.6 Å². The summed E-state index contributed by atoms with van der Waals surface area (Å²) in [6.45, 7) is 4.40. The SMILES string of the molecule is CCCCCCCCCCc1cc(O)c(S(=O)(=O)O)c(Oc2ccccc2)c1.CCCCCCCCCCc1cc([O-])c(S(=O)(=O)[O-])c(Oc2ccccc2)c1.[Ca+2]. The number of hydrogen-bond donors (Lipinski definition) is 2. The monoisotopic (exact) mass is 850 g/mol. The predicted molar refractivity (Wildman–Crippen MR) is 223 cm³/mol. The summed E-state index contributed by atoms with van der Waals surface area (Å²) in [5, 5.41) is 22.5. The van der Waals surface area contributed by atoms with Gasteiger partial charge in [-0.15, -0.1) is 0 Å².